The Bertz CT molecular complexity index is 2200. The highest BCUT2D eigenvalue weighted by Crippen LogP contribution is 2.36. The third kappa shape index (κ3) is 9.91. The summed E-state index contributed by atoms with van der Waals surface area (Å²) in [6.07, 6.45) is 4.47. The Labute approximate surface area is 346 Å². The predicted octanol–water partition coefficient (Wildman–Crippen LogP) is 4.17. The molecule has 2 aromatic heterocycles. The molecule has 3 aromatic carbocycles. The molecule has 5 heterocycles. The van der Waals surface area contributed by atoms with E-state index < -0.39 is 10.0 Å². The highest BCUT2D eigenvalue weighted by atomic mass is 32.2. The zero-order valence-electron chi connectivity index (χ0n) is 33.6. The van der Waals surface area contributed by atoms with Gasteiger partial charge in [-0.1, -0.05) is 36.4 Å². The molecule has 16 heteroatoms. The van der Waals surface area contributed by atoms with Crippen molar-refractivity contribution in [1.29, 1.82) is 0 Å². The average molecular weight is 822 g/mol. The van der Waals surface area contributed by atoms with Gasteiger partial charge in [0.2, 0.25) is 21.9 Å². The van der Waals surface area contributed by atoms with Gasteiger partial charge in [0.15, 0.2) is 0 Å². The maximum Gasteiger partial charge on any atom is 0.240 e. The number of hydrogen-bond acceptors (Lipinski definition) is 14. The fourth-order valence-electron chi connectivity index (χ4n) is 7.55. The van der Waals surface area contributed by atoms with Crippen LogP contribution in [-0.4, -0.2) is 120 Å². The predicted molar refractivity (Wildman–Crippen MR) is 226 cm³/mol. The highest BCUT2D eigenvalue weighted by molar-refractivity contribution is 7.89. The number of morpholine rings is 2. The third-order valence-electron chi connectivity index (χ3n) is 10.9. The van der Waals surface area contributed by atoms with Crippen LogP contribution < -0.4 is 28.9 Å². The van der Waals surface area contributed by atoms with E-state index in [0.29, 0.717) is 84.1 Å². The van der Waals surface area contributed by atoms with Crippen molar-refractivity contribution in [1.82, 2.24) is 29.6 Å². The van der Waals surface area contributed by atoms with E-state index in [2.05, 4.69) is 48.6 Å². The number of nitrogens with one attached hydrogen (secondary N) is 1. The van der Waals surface area contributed by atoms with Crippen LogP contribution in [0.5, 0.6) is 11.5 Å². The second kappa shape index (κ2) is 18.7. The van der Waals surface area contributed by atoms with Crippen LogP contribution in [0.3, 0.4) is 0 Å². The molecule has 310 valence electrons. The van der Waals surface area contributed by atoms with Gasteiger partial charge >= 0.3 is 0 Å². The van der Waals surface area contributed by atoms with Crippen molar-refractivity contribution < 1.29 is 27.4 Å². The first-order chi connectivity index (χ1) is 28.8. The standard InChI is InChI=1S/C43H51N9O6S/c1-55-36-9-3-32(4-10-36)30-52(31-33-5-11-37(56-2)12-6-33)42-44-27-35(28-45-42)40-39-15-17-51(41(39)48-43(47-40)50-21-25-58-26-22-50)29-34-7-13-38(14-8-34)59(53,54)46-16-18-49-19-23-57-24-20-49/h3-14,27-28,46H,15-26,29-31H2,1-2H3. The Hall–Kier alpha value is -5.39. The number of aromatic nitrogens is 4. The summed E-state index contributed by atoms with van der Waals surface area (Å²) in [6, 6.07) is 23.2. The van der Waals surface area contributed by atoms with Gasteiger partial charge in [0.05, 0.1) is 51.2 Å². The minimum Gasteiger partial charge on any atom is -0.497 e. The molecule has 0 saturated carbocycles. The van der Waals surface area contributed by atoms with Crippen LogP contribution in [0.15, 0.2) is 90.1 Å². The number of sulfonamides is 1. The molecule has 0 bridgehead atoms. The molecule has 0 radical (unpaired) electrons. The zero-order valence-corrected chi connectivity index (χ0v) is 34.4. The van der Waals surface area contributed by atoms with Crippen LogP contribution >= 0.6 is 0 Å². The fraction of sp³-hybridized carbons (Fsp3) is 0.395. The van der Waals surface area contributed by atoms with Crippen LogP contribution in [0.25, 0.3) is 11.3 Å². The van der Waals surface area contributed by atoms with Crippen molar-refractivity contribution in [3.8, 4) is 22.8 Å². The molecule has 2 saturated heterocycles. The maximum atomic E-state index is 13.1. The van der Waals surface area contributed by atoms with Crippen LogP contribution in [0.1, 0.15) is 22.3 Å². The largest absolute Gasteiger partial charge is 0.497 e. The van der Waals surface area contributed by atoms with Crippen molar-refractivity contribution in [2.45, 2.75) is 31.0 Å². The molecule has 59 heavy (non-hydrogen) atoms. The quantitative estimate of drug-likeness (QED) is 0.152. The molecule has 0 amide bonds. The highest BCUT2D eigenvalue weighted by Gasteiger charge is 2.29. The van der Waals surface area contributed by atoms with E-state index in [1.165, 1.54) is 0 Å². The van der Waals surface area contributed by atoms with Gasteiger partial charge in [-0.2, -0.15) is 4.98 Å². The lowest BCUT2D eigenvalue weighted by Crippen LogP contribution is -2.41. The molecule has 8 rings (SSSR count). The summed E-state index contributed by atoms with van der Waals surface area (Å²) in [4.78, 5) is 29.2. The Morgan fingerprint density at radius 1 is 0.729 bits per heavy atom. The Morgan fingerprint density at radius 2 is 1.31 bits per heavy atom. The lowest BCUT2D eigenvalue weighted by atomic mass is 10.1. The van der Waals surface area contributed by atoms with Gasteiger partial charge in [-0.25, -0.2) is 28.1 Å². The number of fused-ring (bicyclic) bond motifs is 1. The monoisotopic (exact) mass is 821 g/mol. The molecule has 0 aliphatic carbocycles. The van der Waals surface area contributed by atoms with Gasteiger partial charge in [0.25, 0.3) is 0 Å². The Balaban J connectivity index is 1.03. The van der Waals surface area contributed by atoms with Gasteiger partial charge < -0.3 is 33.6 Å². The number of ether oxygens (including phenoxy) is 4. The van der Waals surface area contributed by atoms with Crippen molar-refractivity contribution in [2.75, 3.05) is 101 Å². The molecule has 15 nitrogen and oxygen atoms in total. The molecule has 3 aliphatic heterocycles. The minimum absolute atomic E-state index is 0.249. The first-order valence-corrected chi connectivity index (χ1v) is 21.5. The van der Waals surface area contributed by atoms with Crippen molar-refractivity contribution in [2.24, 2.45) is 0 Å². The molecule has 0 atom stereocenters. The zero-order chi connectivity index (χ0) is 40.6. The molecule has 2 fully saturated rings. The van der Waals surface area contributed by atoms with E-state index in [9.17, 15) is 8.42 Å². The van der Waals surface area contributed by atoms with Crippen molar-refractivity contribution in [3.05, 3.63) is 107 Å². The number of rotatable bonds is 16. The molecule has 0 spiro atoms. The molecule has 5 aromatic rings. The molecular weight excluding hydrogens is 771 g/mol. The summed E-state index contributed by atoms with van der Waals surface area (Å²) in [6.45, 7) is 9.05. The first-order valence-electron chi connectivity index (χ1n) is 20.1. The summed E-state index contributed by atoms with van der Waals surface area (Å²) in [5.41, 5.74) is 5.85. The topological polar surface area (TPSA) is 148 Å². The molecule has 1 N–H and O–H groups in total. The number of hydrogen-bond donors (Lipinski definition) is 1. The molecule has 3 aliphatic rings. The SMILES string of the molecule is COc1ccc(CN(Cc2ccc(OC)cc2)c2ncc(-c3nc(N4CCOCC4)nc4c3CCN4Cc3ccc(S(=O)(=O)NCCN4CCOCC4)cc3)cn2)cc1. The normalized spacial score (nSPS) is 15.9. The number of anilines is 3. The van der Waals surface area contributed by atoms with Crippen molar-refractivity contribution in [3.63, 3.8) is 0 Å². The van der Waals surface area contributed by atoms with Crippen LogP contribution in [0, 0.1) is 0 Å². The lowest BCUT2D eigenvalue weighted by molar-refractivity contribution is 0.0390. The average Bonchev–Trinajstić information content (AvgIpc) is 3.69. The van der Waals surface area contributed by atoms with Crippen LogP contribution in [0.4, 0.5) is 17.7 Å². The van der Waals surface area contributed by atoms with Gasteiger partial charge in [-0.3, -0.25) is 4.90 Å². The molecule has 0 unspecified atom stereocenters. The van der Waals surface area contributed by atoms with E-state index >= 15 is 0 Å². The van der Waals surface area contributed by atoms with Gasteiger partial charge in [0.1, 0.15) is 17.3 Å². The van der Waals surface area contributed by atoms with Crippen LogP contribution in [-0.2, 0) is 45.6 Å². The van der Waals surface area contributed by atoms with Crippen LogP contribution in [0.2, 0.25) is 0 Å². The second-order valence-corrected chi connectivity index (χ2v) is 16.5. The van der Waals surface area contributed by atoms with E-state index in [4.69, 9.17) is 38.9 Å². The Morgan fingerprint density at radius 3 is 1.90 bits per heavy atom. The maximum absolute atomic E-state index is 13.1. The van der Waals surface area contributed by atoms with E-state index in [1.54, 1.807) is 26.4 Å². The van der Waals surface area contributed by atoms with Gasteiger partial charge in [-0.05, 0) is 59.5 Å². The summed E-state index contributed by atoms with van der Waals surface area (Å²) in [7, 11) is -0.307. The number of methoxy groups -OCH3 is 2. The van der Waals surface area contributed by atoms with E-state index in [0.717, 1.165) is 76.9 Å². The summed E-state index contributed by atoms with van der Waals surface area (Å²) < 4.78 is 50.8. The van der Waals surface area contributed by atoms with Gasteiger partial charge in [0, 0.05) is 89.0 Å². The number of benzene rings is 3. The smallest absolute Gasteiger partial charge is 0.240 e. The van der Waals surface area contributed by atoms with Gasteiger partial charge in [-0.15, -0.1) is 0 Å². The fourth-order valence-corrected chi connectivity index (χ4v) is 8.57. The summed E-state index contributed by atoms with van der Waals surface area (Å²) >= 11 is 0. The Kier molecular flexibility index (Phi) is 12.8. The molecular formula is C43H51N9O6S. The summed E-state index contributed by atoms with van der Waals surface area (Å²) in [5, 5.41) is 0. The van der Waals surface area contributed by atoms with E-state index in [-0.39, 0.29) is 4.90 Å². The van der Waals surface area contributed by atoms with E-state index in [1.807, 2.05) is 48.8 Å². The lowest BCUT2D eigenvalue weighted by Gasteiger charge is -2.28. The van der Waals surface area contributed by atoms with Crippen molar-refractivity contribution >= 4 is 27.7 Å². The first kappa shape index (κ1) is 40.4. The number of nitrogens with zero attached hydrogens (tertiary/aromatic N) is 8. The minimum atomic E-state index is -3.64. The second-order valence-electron chi connectivity index (χ2n) is 14.8. The summed E-state index contributed by atoms with van der Waals surface area (Å²) in [5.74, 6) is 3.70. The third-order valence-corrected chi connectivity index (χ3v) is 12.4.